The van der Waals surface area contributed by atoms with Crippen LogP contribution in [0, 0.1) is 0 Å². The van der Waals surface area contributed by atoms with Gasteiger partial charge in [-0.1, -0.05) is 182 Å². The van der Waals surface area contributed by atoms with Gasteiger partial charge >= 0.3 is 0 Å². The van der Waals surface area contributed by atoms with Gasteiger partial charge in [0.15, 0.2) is 17.5 Å². The SMILES string of the molecule is c1ccc(-c2nc(-c3ccccc3)nc(-c3cc(-c4ccccc4-c4ccccc4)ccc3-c3cccc4sc5c(ccc6c5c5ccccc5n6-c5ccccc5)c34)n2)cc1. The maximum Gasteiger partial charge on any atom is 0.164 e. The summed E-state index contributed by atoms with van der Waals surface area (Å²) in [5.74, 6) is 1.88. The van der Waals surface area contributed by atoms with E-state index in [1.54, 1.807) is 0 Å². The summed E-state index contributed by atoms with van der Waals surface area (Å²) >= 11 is 1.87. The van der Waals surface area contributed by atoms with Crippen molar-refractivity contribution in [2.45, 2.75) is 0 Å². The van der Waals surface area contributed by atoms with Crippen LogP contribution in [0.2, 0.25) is 0 Å². The summed E-state index contributed by atoms with van der Waals surface area (Å²) in [5, 5.41) is 4.99. The van der Waals surface area contributed by atoms with Crippen molar-refractivity contribution in [2.24, 2.45) is 0 Å². The minimum absolute atomic E-state index is 0.622. The van der Waals surface area contributed by atoms with E-state index < -0.39 is 0 Å². The van der Waals surface area contributed by atoms with Crippen LogP contribution in [-0.4, -0.2) is 19.5 Å². The van der Waals surface area contributed by atoms with Gasteiger partial charge in [0.1, 0.15) is 0 Å². The predicted molar refractivity (Wildman–Crippen MR) is 260 cm³/mol. The molecule has 0 aliphatic heterocycles. The van der Waals surface area contributed by atoms with Crippen LogP contribution in [0.1, 0.15) is 0 Å². The van der Waals surface area contributed by atoms with Gasteiger partial charge in [-0.15, -0.1) is 11.3 Å². The predicted octanol–water partition coefficient (Wildman–Crippen LogP) is 15.3. The van der Waals surface area contributed by atoms with Crippen LogP contribution in [0.25, 0.3) is 115 Å². The van der Waals surface area contributed by atoms with Crippen molar-refractivity contribution in [3.05, 3.63) is 218 Å². The van der Waals surface area contributed by atoms with E-state index in [1.165, 1.54) is 53.1 Å². The number of thiophene rings is 1. The smallest absolute Gasteiger partial charge is 0.164 e. The van der Waals surface area contributed by atoms with Crippen molar-refractivity contribution >= 4 is 53.3 Å². The van der Waals surface area contributed by atoms with Gasteiger partial charge < -0.3 is 4.57 Å². The maximum absolute atomic E-state index is 5.32. The number of aromatic nitrogens is 4. The quantitative estimate of drug-likeness (QED) is 0.161. The fourth-order valence-corrected chi connectivity index (χ4v) is 10.4. The molecule has 0 bridgehead atoms. The summed E-state index contributed by atoms with van der Waals surface area (Å²) in [7, 11) is 0. The van der Waals surface area contributed by atoms with E-state index in [-0.39, 0.29) is 0 Å². The van der Waals surface area contributed by atoms with Crippen molar-refractivity contribution in [1.29, 1.82) is 0 Å². The second kappa shape index (κ2) is 14.9. The van der Waals surface area contributed by atoms with Crippen LogP contribution in [0.4, 0.5) is 0 Å². The maximum atomic E-state index is 5.32. The molecule has 5 heteroatoms. The Morgan fingerprint density at radius 3 is 1.58 bits per heavy atom. The zero-order valence-corrected chi connectivity index (χ0v) is 34.3. The highest BCUT2D eigenvalue weighted by Gasteiger charge is 2.23. The van der Waals surface area contributed by atoms with E-state index in [0.717, 1.165) is 44.6 Å². The molecule has 62 heavy (non-hydrogen) atoms. The molecule has 9 aromatic carbocycles. The molecular weight excluding hydrogens is 773 g/mol. The van der Waals surface area contributed by atoms with Gasteiger partial charge in [-0.25, -0.2) is 15.0 Å². The van der Waals surface area contributed by atoms with E-state index >= 15 is 0 Å². The third kappa shape index (κ3) is 6.01. The summed E-state index contributed by atoms with van der Waals surface area (Å²) in [4.78, 5) is 15.7. The number of hydrogen-bond acceptors (Lipinski definition) is 4. The molecule has 0 saturated carbocycles. The van der Waals surface area contributed by atoms with Crippen molar-refractivity contribution < 1.29 is 0 Å². The lowest BCUT2D eigenvalue weighted by molar-refractivity contribution is 1.07. The Labute approximate surface area is 362 Å². The molecule has 3 aromatic heterocycles. The highest BCUT2D eigenvalue weighted by molar-refractivity contribution is 7.27. The first-order chi connectivity index (χ1) is 30.8. The highest BCUT2D eigenvalue weighted by atomic mass is 32.1. The lowest BCUT2D eigenvalue weighted by Crippen LogP contribution is -2.01. The number of para-hydroxylation sites is 2. The zero-order chi connectivity index (χ0) is 41.0. The van der Waals surface area contributed by atoms with Crippen molar-refractivity contribution in [3.63, 3.8) is 0 Å². The monoisotopic (exact) mass is 808 g/mol. The zero-order valence-electron chi connectivity index (χ0n) is 33.5. The first-order valence-electron chi connectivity index (χ1n) is 20.9. The van der Waals surface area contributed by atoms with Crippen molar-refractivity contribution in [2.75, 3.05) is 0 Å². The highest BCUT2D eigenvalue weighted by Crippen LogP contribution is 2.48. The van der Waals surface area contributed by atoms with Crippen LogP contribution in [0.15, 0.2) is 218 Å². The van der Waals surface area contributed by atoms with E-state index in [9.17, 15) is 0 Å². The van der Waals surface area contributed by atoms with Gasteiger partial charge in [-0.3, -0.25) is 0 Å². The third-order valence-electron chi connectivity index (χ3n) is 11.9. The minimum Gasteiger partial charge on any atom is -0.309 e. The fourth-order valence-electron chi connectivity index (χ4n) is 9.08. The second-order valence-electron chi connectivity index (χ2n) is 15.5. The van der Waals surface area contributed by atoms with E-state index in [0.29, 0.717) is 17.5 Å². The minimum atomic E-state index is 0.622. The van der Waals surface area contributed by atoms with Crippen LogP contribution in [0.3, 0.4) is 0 Å². The Balaban J connectivity index is 1.14. The first-order valence-corrected chi connectivity index (χ1v) is 21.7. The average molecular weight is 809 g/mol. The number of fused-ring (bicyclic) bond motifs is 7. The molecule has 0 atom stereocenters. The summed E-state index contributed by atoms with van der Waals surface area (Å²) in [6.45, 7) is 0. The molecule has 0 aliphatic rings. The molecule has 0 spiro atoms. The molecule has 12 rings (SSSR count). The largest absolute Gasteiger partial charge is 0.309 e. The summed E-state index contributed by atoms with van der Waals surface area (Å²) in [6.07, 6.45) is 0. The topological polar surface area (TPSA) is 43.6 Å². The summed E-state index contributed by atoms with van der Waals surface area (Å²) < 4.78 is 4.91. The van der Waals surface area contributed by atoms with Crippen LogP contribution < -0.4 is 0 Å². The van der Waals surface area contributed by atoms with Crippen LogP contribution in [-0.2, 0) is 0 Å². The molecular formula is C57H36N4S. The van der Waals surface area contributed by atoms with Gasteiger partial charge in [-0.05, 0) is 69.8 Å². The number of benzene rings is 9. The molecule has 0 N–H and O–H groups in total. The lowest BCUT2D eigenvalue weighted by Gasteiger charge is -2.16. The normalized spacial score (nSPS) is 11.5. The van der Waals surface area contributed by atoms with E-state index in [4.69, 9.17) is 15.0 Å². The molecule has 290 valence electrons. The van der Waals surface area contributed by atoms with Crippen molar-refractivity contribution in [1.82, 2.24) is 19.5 Å². The average Bonchev–Trinajstić information content (AvgIpc) is 3.91. The van der Waals surface area contributed by atoms with Gasteiger partial charge in [0.2, 0.25) is 0 Å². The number of rotatable bonds is 7. The van der Waals surface area contributed by atoms with Crippen LogP contribution in [0.5, 0.6) is 0 Å². The fraction of sp³-hybridized carbons (Fsp3) is 0. The molecule has 3 heterocycles. The standard InChI is InChI=1S/C57H36N4S/c1-5-18-37(19-6-1)42-26-13-14-27-43(42)40-32-33-44(48(36-40)57-59-55(38-20-7-2-8-21-38)58-56(60-57)39-22-9-3-10-23-39)45-29-17-31-51-52(45)47-34-35-50-53(54(47)62-51)46-28-15-16-30-49(46)61(50)41-24-11-4-12-25-41/h1-36H. The molecule has 4 nitrogen and oxygen atoms in total. The number of nitrogens with zero attached hydrogens (tertiary/aromatic N) is 4. The first kappa shape index (κ1) is 35.9. The molecule has 0 aliphatic carbocycles. The summed E-state index contributed by atoms with van der Waals surface area (Å²) in [5.41, 5.74) is 13.1. The number of hydrogen-bond donors (Lipinski definition) is 0. The Morgan fingerprint density at radius 1 is 0.323 bits per heavy atom. The van der Waals surface area contributed by atoms with Gasteiger partial charge in [-0.2, -0.15) is 0 Å². The molecule has 12 aromatic rings. The van der Waals surface area contributed by atoms with Gasteiger partial charge in [0, 0.05) is 53.3 Å². The van der Waals surface area contributed by atoms with E-state index in [1.807, 2.05) is 47.7 Å². The van der Waals surface area contributed by atoms with E-state index in [2.05, 4.69) is 187 Å². The molecule has 0 amide bonds. The van der Waals surface area contributed by atoms with Crippen molar-refractivity contribution in [3.8, 4) is 73.2 Å². The Morgan fingerprint density at radius 2 is 0.887 bits per heavy atom. The summed E-state index contributed by atoms with van der Waals surface area (Å²) in [6, 6.07) is 77.3. The molecule has 0 radical (unpaired) electrons. The second-order valence-corrected chi connectivity index (χ2v) is 16.6. The third-order valence-corrected chi connectivity index (χ3v) is 13.1. The molecule has 0 fully saturated rings. The Bertz CT molecular complexity index is 3560. The Kier molecular flexibility index (Phi) is 8.65. The molecule has 0 unspecified atom stereocenters. The Hall–Kier alpha value is -7.99. The lowest BCUT2D eigenvalue weighted by atomic mass is 9.89. The molecule has 0 saturated heterocycles. The van der Waals surface area contributed by atoms with Gasteiger partial charge in [0.25, 0.3) is 0 Å². The van der Waals surface area contributed by atoms with Crippen LogP contribution >= 0.6 is 11.3 Å². The van der Waals surface area contributed by atoms with Gasteiger partial charge in [0.05, 0.1) is 11.0 Å².